The molecule has 0 atom stereocenters. The molecule has 0 N–H and O–H groups in total. The molecule has 0 fully saturated rings. The van der Waals surface area contributed by atoms with E-state index in [1.807, 2.05) is 0 Å². The highest BCUT2D eigenvalue weighted by Gasteiger charge is 2.32. The van der Waals surface area contributed by atoms with Gasteiger partial charge in [0, 0.05) is 23.8 Å². The number of alkyl halides is 9. The van der Waals surface area contributed by atoms with Gasteiger partial charge in [-0.3, -0.25) is 4.79 Å². The third kappa shape index (κ3) is 11.9. The summed E-state index contributed by atoms with van der Waals surface area (Å²) in [7, 11) is 0. The summed E-state index contributed by atoms with van der Waals surface area (Å²) in [6, 6.07) is 20.8. The van der Waals surface area contributed by atoms with Crippen molar-refractivity contribution >= 4 is 41.9 Å². The van der Waals surface area contributed by atoms with Gasteiger partial charge in [0.2, 0.25) is 5.75 Å². The number of ketones is 1. The second-order valence-electron chi connectivity index (χ2n) is 12.1. The summed E-state index contributed by atoms with van der Waals surface area (Å²) in [5, 5.41) is 0. The lowest BCUT2D eigenvalue weighted by Gasteiger charge is -2.16. The highest BCUT2D eigenvalue weighted by molar-refractivity contribution is 6.12. The monoisotopic (exact) mass is 824 g/mol. The molecule has 0 unspecified atom stereocenters. The smallest absolute Gasteiger partial charge is 0.416 e. The molecule has 0 spiro atoms. The quantitative estimate of drug-likeness (QED) is 0.0430. The van der Waals surface area contributed by atoms with Crippen molar-refractivity contribution in [1.82, 2.24) is 0 Å². The average Bonchev–Trinajstić information content (AvgIpc) is 3.19. The molecule has 5 rings (SSSR count). The Morgan fingerprint density at radius 3 is 1.22 bits per heavy atom. The van der Waals surface area contributed by atoms with E-state index in [-0.39, 0.29) is 22.3 Å². The molecule has 7 nitrogen and oxygen atoms in total. The summed E-state index contributed by atoms with van der Waals surface area (Å²) in [6.07, 6.45) is -9.24. The number of carbonyl (C=O) groups excluding carboxylic acids is 4. The predicted octanol–water partition coefficient (Wildman–Crippen LogP) is 10.8. The largest absolute Gasteiger partial charge is 0.419 e. The van der Waals surface area contributed by atoms with E-state index in [0.29, 0.717) is 18.2 Å². The summed E-state index contributed by atoms with van der Waals surface area (Å²) in [5.41, 5.74) is -3.84. The van der Waals surface area contributed by atoms with Crippen molar-refractivity contribution in [1.29, 1.82) is 0 Å². The summed E-state index contributed by atoms with van der Waals surface area (Å²) in [6.45, 7) is 0. The minimum Gasteiger partial charge on any atom is -0.419 e. The number of hydrogen-bond donors (Lipinski definition) is 0. The molecule has 59 heavy (non-hydrogen) atoms. The van der Waals surface area contributed by atoms with E-state index in [4.69, 9.17) is 14.2 Å². The van der Waals surface area contributed by atoms with Crippen molar-refractivity contribution in [2.24, 2.45) is 0 Å². The van der Waals surface area contributed by atoms with Crippen LogP contribution in [0.3, 0.4) is 0 Å². The van der Waals surface area contributed by atoms with Gasteiger partial charge in [-0.05, 0) is 83.4 Å². The van der Waals surface area contributed by atoms with Crippen LogP contribution in [0.5, 0.6) is 17.2 Å². The summed E-state index contributed by atoms with van der Waals surface area (Å²) < 4.78 is 136. The average molecular weight is 825 g/mol. The molecule has 0 saturated heterocycles. The van der Waals surface area contributed by atoms with Gasteiger partial charge in [0.05, 0.1) is 22.3 Å². The lowest BCUT2D eigenvalue weighted by atomic mass is 10.0. The molecule has 0 aromatic heterocycles. The normalized spacial score (nSPS) is 12.2. The zero-order valence-electron chi connectivity index (χ0n) is 29.7. The van der Waals surface area contributed by atoms with Crippen molar-refractivity contribution in [2.75, 3.05) is 0 Å². The van der Waals surface area contributed by atoms with Crippen LogP contribution in [0.2, 0.25) is 0 Å². The van der Waals surface area contributed by atoms with Crippen LogP contribution in [0.1, 0.15) is 49.3 Å². The number of rotatable bonds is 11. The molecule has 0 aliphatic carbocycles. The van der Waals surface area contributed by atoms with Crippen LogP contribution in [-0.4, -0.2) is 23.7 Å². The molecular weight excluding hydrogens is 799 g/mol. The van der Waals surface area contributed by atoms with Crippen LogP contribution < -0.4 is 14.2 Å². The topological polar surface area (TPSA) is 96.0 Å². The fourth-order valence-electron chi connectivity index (χ4n) is 5.11. The Morgan fingerprint density at radius 1 is 0.424 bits per heavy atom. The lowest BCUT2D eigenvalue weighted by Crippen LogP contribution is -2.15. The Balaban J connectivity index is 1.57. The van der Waals surface area contributed by atoms with Gasteiger partial charge in [0.25, 0.3) is 0 Å². The number of carbonyl (C=O) groups is 4. The lowest BCUT2D eigenvalue weighted by molar-refractivity contribution is -0.138. The highest BCUT2D eigenvalue weighted by atomic mass is 19.4. The van der Waals surface area contributed by atoms with Crippen molar-refractivity contribution in [2.45, 2.75) is 18.5 Å². The second kappa shape index (κ2) is 17.9. The molecule has 16 heteroatoms. The Labute approximate surface area is 328 Å². The number of benzene rings is 5. The maximum absolute atomic E-state index is 13.8. The van der Waals surface area contributed by atoms with Gasteiger partial charge in [-0.1, -0.05) is 66.7 Å². The van der Waals surface area contributed by atoms with Gasteiger partial charge < -0.3 is 14.2 Å². The van der Waals surface area contributed by atoms with Crippen molar-refractivity contribution in [3.8, 4) is 17.2 Å². The maximum Gasteiger partial charge on any atom is 0.416 e. The van der Waals surface area contributed by atoms with Crippen LogP contribution in [0, 0.1) is 0 Å². The van der Waals surface area contributed by atoms with Gasteiger partial charge in [-0.15, -0.1) is 0 Å². The molecule has 5 aromatic carbocycles. The fourth-order valence-corrected chi connectivity index (χ4v) is 5.11. The Morgan fingerprint density at radius 2 is 0.814 bits per heavy atom. The van der Waals surface area contributed by atoms with Gasteiger partial charge in [-0.25, -0.2) is 14.4 Å². The predicted molar refractivity (Wildman–Crippen MR) is 195 cm³/mol. The van der Waals surface area contributed by atoms with E-state index >= 15 is 0 Å². The standard InChI is InChI=1S/C43H25F9O7/c44-41(45,46)30-12-4-7-26(23-30)15-20-35(53)57-34-19-18-33(38(56)29-10-2-1-3-11-29)39(58-36(54)21-16-27-8-5-13-31(24-27)42(47,48)49)40(34)59-37(55)22-17-28-9-6-14-32(25-28)43(50,51)52/h1-25H. The summed E-state index contributed by atoms with van der Waals surface area (Å²) in [4.78, 5) is 53.2. The van der Waals surface area contributed by atoms with Crippen molar-refractivity contribution in [3.05, 3.63) is 178 Å². The Hall–Kier alpha value is -7.23. The SMILES string of the molecule is O=C(C=Cc1cccc(C(F)(F)F)c1)Oc1ccc(C(=O)c2ccccc2)c(OC(=O)C=Cc2cccc(C(F)(F)F)c2)c1OC(=O)C=Cc1cccc(C(F)(F)F)c1. The van der Waals surface area contributed by atoms with E-state index in [1.54, 1.807) is 6.07 Å². The summed E-state index contributed by atoms with van der Waals surface area (Å²) in [5.74, 6) is -7.25. The minimum atomic E-state index is -4.72. The molecule has 0 amide bonds. The van der Waals surface area contributed by atoms with Crippen LogP contribution in [-0.2, 0) is 32.9 Å². The highest BCUT2D eigenvalue weighted by Crippen LogP contribution is 2.42. The van der Waals surface area contributed by atoms with E-state index < -0.39 is 81.7 Å². The van der Waals surface area contributed by atoms with Crippen LogP contribution in [0.4, 0.5) is 39.5 Å². The number of esters is 3. The molecule has 0 heterocycles. The van der Waals surface area contributed by atoms with E-state index in [2.05, 4.69) is 0 Å². The van der Waals surface area contributed by atoms with Crippen molar-refractivity contribution in [3.63, 3.8) is 0 Å². The van der Waals surface area contributed by atoms with Crippen molar-refractivity contribution < 1.29 is 72.9 Å². The zero-order chi connectivity index (χ0) is 43.0. The van der Waals surface area contributed by atoms with Crippen LogP contribution in [0.15, 0.2) is 133 Å². The summed E-state index contributed by atoms with van der Waals surface area (Å²) >= 11 is 0. The maximum atomic E-state index is 13.8. The molecule has 0 bridgehead atoms. The third-order valence-electron chi connectivity index (χ3n) is 7.85. The molecule has 0 radical (unpaired) electrons. The first-order valence-electron chi connectivity index (χ1n) is 16.8. The van der Waals surface area contributed by atoms with Gasteiger partial charge >= 0.3 is 36.4 Å². The van der Waals surface area contributed by atoms with E-state index in [0.717, 1.165) is 85.0 Å². The molecule has 5 aromatic rings. The second-order valence-corrected chi connectivity index (χ2v) is 12.1. The first-order chi connectivity index (χ1) is 27.8. The van der Waals surface area contributed by atoms with Gasteiger partial charge in [0.1, 0.15) is 0 Å². The van der Waals surface area contributed by atoms with Crippen LogP contribution >= 0.6 is 0 Å². The third-order valence-corrected chi connectivity index (χ3v) is 7.85. The van der Waals surface area contributed by atoms with E-state index in [1.165, 1.54) is 42.5 Å². The fraction of sp³-hybridized carbons (Fsp3) is 0.0698. The molecule has 0 saturated carbocycles. The van der Waals surface area contributed by atoms with Gasteiger partial charge in [-0.2, -0.15) is 39.5 Å². The Bertz CT molecular complexity index is 2460. The zero-order valence-corrected chi connectivity index (χ0v) is 29.7. The molecule has 0 aliphatic heterocycles. The minimum absolute atomic E-state index is 0.0137. The van der Waals surface area contributed by atoms with Crippen LogP contribution in [0.25, 0.3) is 18.2 Å². The van der Waals surface area contributed by atoms with Gasteiger partial charge in [0.15, 0.2) is 17.3 Å². The number of halogens is 9. The number of ether oxygens (including phenoxy) is 3. The molecular formula is C43H25F9O7. The molecule has 0 aliphatic rings. The molecule has 302 valence electrons. The Kier molecular flexibility index (Phi) is 13.0. The first-order valence-corrected chi connectivity index (χ1v) is 16.8. The first kappa shape index (κ1) is 42.9. The van der Waals surface area contributed by atoms with E-state index in [9.17, 15) is 58.7 Å². The number of hydrogen-bond acceptors (Lipinski definition) is 7.